The molecule has 2 amide bonds. The molecule has 3 aromatic rings. The Balaban J connectivity index is 1.44. The number of carbonyl (C=O) groups excluding carboxylic acids is 2. The summed E-state index contributed by atoms with van der Waals surface area (Å²) in [6, 6.07) is 6.37. The summed E-state index contributed by atoms with van der Waals surface area (Å²) in [4.78, 5) is 32.4. The molecule has 10 nitrogen and oxygen atoms in total. The van der Waals surface area contributed by atoms with Gasteiger partial charge in [-0.2, -0.15) is 0 Å². The molecule has 0 aliphatic heterocycles. The molecule has 33 heavy (non-hydrogen) atoms. The largest absolute Gasteiger partial charge is 0.441 e. The summed E-state index contributed by atoms with van der Waals surface area (Å²) in [5.41, 5.74) is 1.37. The highest BCUT2D eigenvalue weighted by atomic mass is 35.5. The van der Waals surface area contributed by atoms with Crippen LogP contribution in [0.1, 0.15) is 25.0 Å². The van der Waals surface area contributed by atoms with Crippen LogP contribution >= 0.6 is 11.6 Å². The number of aromatic nitrogens is 5. The number of anilines is 2. The average Bonchev–Trinajstić information content (AvgIpc) is 3.28. The van der Waals surface area contributed by atoms with Gasteiger partial charge in [0.05, 0.1) is 17.6 Å². The number of pyridine rings is 2. The van der Waals surface area contributed by atoms with Crippen LogP contribution in [0.3, 0.4) is 0 Å². The Bertz CT molecular complexity index is 1200. The summed E-state index contributed by atoms with van der Waals surface area (Å²) in [5.74, 6) is -4.82. The first-order chi connectivity index (χ1) is 15.7. The van der Waals surface area contributed by atoms with E-state index in [9.17, 15) is 18.4 Å². The van der Waals surface area contributed by atoms with Crippen molar-refractivity contribution in [1.82, 2.24) is 25.0 Å². The van der Waals surface area contributed by atoms with E-state index >= 15 is 0 Å². The van der Waals surface area contributed by atoms with E-state index in [1.165, 1.54) is 29.2 Å². The van der Waals surface area contributed by atoms with Crippen molar-refractivity contribution in [2.45, 2.75) is 25.4 Å². The topological polar surface area (TPSA) is 124 Å². The van der Waals surface area contributed by atoms with Crippen molar-refractivity contribution in [3.8, 4) is 11.4 Å². The number of carbonyl (C=O) groups is 2. The fraction of sp³-hybridized carbons (Fsp3) is 0.300. The van der Waals surface area contributed by atoms with Crippen LogP contribution in [0.15, 0.2) is 36.7 Å². The van der Waals surface area contributed by atoms with Crippen LogP contribution in [0.2, 0.25) is 5.15 Å². The van der Waals surface area contributed by atoms with Crippen LogP contribution in [0.5, 0.6) is 0 Å². The number of amides is 2. The lowest BCUT2D eigenvalue weighted by Crippen LogP contribution is -2.19. The second-order valence-corrected chi connectivity index (χ2v) is 7.76. The van der Waals surface area contributed by atoms with Gasteiger partial charge in [0, 0.05) is 25.2 Å². The smallest absolute Gasteiger partial charge is 0.413 e. The van der Waals surface area contributed by atoms with Crippen molar-refractivity contribution in [2.75, 3.05) is 10.6 Å². The minimum Gasteiger partial charge on any atom is -0.441 e. The fourth-order valence-corrected chi connectivity index (χ4v) is 3.33. The highest BCUT2D eigenvalue weighted by molar-refractivity contribution is 6.30. The summed E-state index contributed by atoms with van der Waals surface area (Å²) in [7, 11) is 1.57. The van der Waals surface area contributed by atoms with Gasteiger partial charge in [-0.1, -0.05) is 22.9 Å². The fourth-order valence-electron chi connectivity index (χ4n) is 3.06. The molecule has 2 atom stereocenters. The Morgan fingerprint density at radius 3 is 2.67 bits per heavy atom. The van der Waals surface area contributed by atoms with Crippen LogP contribution in [-0.2, 0) is 16.6 Å². The van der Waals surface area contributed by atoms with E-state index < -0.39 is 36.4 Å². The quantitative estimate of drug-likeness (QED) is 0.517. The average molecular weight is 478 g/mol. The molecule has 13 heteroatoms. The van der Waals surface area contributed by atoms with Crippen LogP contribution < -0.4 is 10.6 Å². The minimum atomic E-state index is -2.95. The third-order valence-corrected chi connectivity index (χ3v) is 5.29. The monoisotopic (exact) mass is 477 g/mol. The molecule has 0 radical (unpaired) electrons. The third-order valence-electron chi connectivity index (χ3n) is 4.97. The number of nitrogens with one attached hydrogen (secondary N) is 2. The van der Waals surface area contributed by atoms with Gasteiger partial charge in [0.2, 0.25) is 5.91 Å². The second kappa shape index (κ2) is 8.70. The molecule has 4 rings (SSSR count). The number of aryl methyl sites for hydroxylation is 1. The Hall–Kier alpha value is -3.67. The van der Waals surface area contributed by atoms with Crippen molar-refractivity contribution in [1.29, 1.82) is 0 Å². The molecule has 2 N–H and O–H groups in total. The van der Waals surface area contributed by atoms with Gasteiger partial charge in [0.15, 0.2) is 11.5 Å². The van der Waals surface area contributed by atoms with E-state index in [1.807, 2.05) is 0 Å². The highest BCUT2D eigenvalue weighted by Gasteiger charge is 2.61. The van der Waals surface area contributed by atoms with Crippen molar-refractivity contribution in [3.63, 3.8) is 0 Å². The third kappa shape index (κ3) is 4.90. The van der Waals surface area contributed by atoms with Crippen molar-refractivity contribution in [2.24, 2.45) is 13.0 Å². The lowest BCUT2D eigenvalue weighted by molar-refractivity contribution is -0.119. The first kappa shape index (κ1) is 22.5. The Morgan fingerprint density at radius 1 is 1.27 bits per heavy atom. The molecule has 1 fully saturated rings. The maximum absolute atomic E-state index is 13.0. The summed E-state index contributed by atoms with van der Waals surface area (Å²) >= 11 is 6.04. The standard InChI is InChI=1S/C20H18ClF2N7O3/c1-10(12-4-3-7-24-16(12)21)33-19(32)27-17-15(28-29-30(17)2)14-6-5-11(9-25-14)26-18(31)13-8-20(13,22)23/h3-7,9-10,13H,8H2,1-2H3,(H,26,31)(H,27,32)/t10-,13+/m1/s1. The van der Waals surface area contributed by atoms with E-state index in [-0.39, 0.29) is 22.4 Å². The SMILES string of the molecule is C[C@@H](OC(=O)Nc1c(-c2ccc(NC(=O)[C@@H]3CC3(F)F)cn2)nnn1C)c1cccnc1Cl. The Labute approximate surface area is 191 Å². The highest BCUT2D eigenvalue weighted by Crippen LogP contribution is 2.49. The van der Waals surface area contributed by atoms with Gasteiger partial charge in [-0.15, -0.1) is 5.10 Å². The molecule has 3 aromatic heterocycles. The molecular weight excluding hydrogens is 460 g/mol. The Kier molecular flexibility index (Phi) is 5.93. The number of hydrogen-bond donors (Lipinski definition) is 2. The lowest BCUT2D eigenvalue weighted by Gasteiger charge is -2.15. The van der Waals surface area contributed by atoms with Crippen LogP contribution in [-0.4, -0.2) is 42.9 Å². The van der Waals surface area contributed by atoms with E-state index in [1.54, 1.807) is 26.1 Å². The number of halogens is 3. The molecule has 172 valence electrons. The number of nitrogens with zero attached hydrogens (tertiary/aromatic N) is 5. The van der Waals surface area contributed by atoms with Gasteiger partial charge in [-0.3, -0.25) is 15.1 Å². The zero-order chi connectivity index (χ0) is 23.8. The number of ether oxygens (including phenoxy) is 1. The zero-order valence-electron chi connectivity index (χ0n) is 17.4. The van der Waals surface area contributed by atoms with Gasteiger partial charge in [0.1, 0.15) is 17.2 Å². The summed E-state index contributed by atoms with van der Waals surface area (Å²) in [6.07, 6.45) is 0.925. The normalized spacial score (nSPS) is 17.2. The van der Waals surface area contributed by atoms with E-state index in [2.05, 4.69) is 30.9 Å². The van der Waals surface area contributed by atoms with Gasteiger partial charge in [-0.25, -0.2) is 23.2 Å². The molecule has 1 aliphatic rings. The molecule has 1 aliphatic carbocycles. The maximum Gasteiger partial charge on any atom is 0.413 e. The van der Waals surface area contributed by atoms with Crippen molar-refractivity contribution in [3.05, 3.63) is 47.4 Å². The van der Waals surface area contributed by atoms with Crippen molar-refractivity contribution < 1.29 is 23.1 Å². The molecule has 1 saturated carbocycles. The number of alkyl halides is 2. The first-order valence-corrected chi connectivity index (χ1v) is 10.2. The molecule has 3 heterocycles. The molecule has 0 unspecified atom stereocenters. The van der Waals surface area contributed by atoms with Crippen LogP contribution in [0.25, 0.3) is 11.4 Å². The summed E-state index contributed by atoms with van der Waals surface area (Å²) in [5, 5.41) is 13.1. The molecule has 0 bridgehead atoms. The predicted octanol–water partition coefficient (Wildman–Crippen LogP) is 3.83. The number of rotatable bonds is 6. The molecular formula is C20H18ClF2N7O3. The van der Waals surface area contributed by atoms with Gasteiger partial charge < -0.3 is 10.1 Å². The Morgan fingerprint density at radius 2 is 2.03 bits per heavy atom. The maximum atomic E-state index is 13.0. The van der Waals surface area contributed by atoms with Gasteiger partial charge >= 0.3 is 6.09 Å². The lowest BCUT2D eigenvalue weighted by atomic mass is 10.2. The number of hydrogen-bond acceptors (Lipinski definition) is 7. The van der Waals surface area contributed by atoms with E-state index in [0.717, 1.165) is 0 Å². The second-order valence-electron chi connectivity index (χ2n) is 7.41. The van der Waals surface area contributed by atoms with E-state index in [0.29, 0.717) is 11.3 Å². The minimum absolute atomic E-state index is 0.214. The van der Waals surface area contributed by atoms with E-state index in [4.69, 9.17) is 16.3 Å². The van der Waals surface area contributed by atoms with Gasteiger partial charge in [0.25, 0.3) is 5.92 Å². The van der Waals surface area contributed by atoms with Crippen molar-refractivity contribution >= 4 is 35.1 Å². The summed E-state index contributed by atoms with van der Waals surface area (Å²) < 4.78 is 32.8. The zero-order valence-corrected chi connectivity index (χ0v) is 18.2. The van der Waals surface area contributed by atoms with Gasteiger partial charge in [-0.05, 0) is 25.1 Å². The predicted molar refractivity (Wildman–Crippen MR) is 114 cm³/mol. The molecule has 0 spiro atoms. The summed E-state index contributed by atoms with van der Waals surface area (Å²) in [6.45, 7) is 1.65. The molecule has 0 aromatic carbocycles. The first-order valence-electron chi connectivity index (χ1n) is 9.78. The molecule has 0 saturated heterocycles. The van der Waals surface area contributed by atoms with Crippen LogP contribution in [0.4, 0.5) is 25.1 Å². The van der Waals surface area contributed by atoms with Crippen LogP contribution in [0, 0.1) is 5.92 Å².